The molecule has 2 aromatic rings. The number of benzene rings is 2. The van der Waals surface area contributed by atoms with E-state index >= 15 is 0 Å². The molecular formula is C19H18N6O6. The van der Waals surface area contributed by atoms with Gasteiger partial charge in [0.05, 0.1) is 22.3 Å². The van der Waals surface area contributed by atoms with Gasteiger partial charge >= 0.3 is 0 Å². The van der Waals surface area contributed by atoms with Gasteiger partial charge in [0.2, 0.25) is 11.8 Å². The standard InChI is InChI=1S/C19H18N6O6/c26-18(22-20-12-14-4-1-6-16(10-14)24(28)29)8-3-9-19(27)23-21-13-15-5-2-7-17(11-15)25(30)31/h1-2,4-7,10-13H,3,8-9H2,(H,22,26)(H,23,27). The van der Waals surface area contributed by atoms with Crippen LogP contribution in [0.1, 0.15) is 30.4 Å². The minimum atomic E-state index is -0.533. The number of nitro groups is 2. The van der Waals surface area contributed by atoms with Crippen molar-refractivity contribution in [3.8, 4) is 0 Å². The molecule has 0 unspecified atom stereocenters. The van der Waals surface area contributed by atoms with E-state index in [4.69, 9.17) is 0 Å². The van der Waals surface area contributed by atoms with Gasteiger partial charge < -0.3 is 0 Å². The van der Waals surface area contributed by atoms with Gasteiger partial charge in [-0.25, -0.2) is 10.9 Å². The van der Waals surface area contributed by atoms with Crippen LogP contribution in [0.5, 0.6) is 0 Å². The van der Waals surface area contributed by atoms with Gasteiger partial charge in [0.1, 0.15) is 0 Å². The molecular weight excluding hydrogens is 408 g/mol. The Bertz CT molecular complexity index is 955. The SMILES string of the molecule is O=C(CCCC(=O)NN=Cc1cccc([N+](=O)[O-])c1)NN=Cc1cccc([N+](=O)[O-])c1. The molecule has 2 rings (SSSR count). The number of nitrogens with zero attached hydrogens (tertiary/aromatic N) is 4. The monoisotopic (exact) mass is 426 g/mol. The Labute approximate surface area is 176 Å². The fourth-order valence-corrected chi connectivity index (χ4v) is 2.32. The molecule has 2 N–H and O–H groups in total. The number of nitrogens with one attached hydrogen (secondary N) is 2. The van der Waals surface area contributed by atoms with Gasteiger partial charge in [0.25, 0.3) is 11.4 Å². The Morgan fingerprint density at radius 2 is 1.23 bits per heavy atom. The molecule has 0 saturated heterocycles. The van der Waals surface area contributed by atoms with Gasteiger partial charge in [-0.15, -0.1) is 0 Å². The van der Waals surface area contributed by atoms with Crippen molar-refractivity contribution in [3.05, 3.63) is 79.9 Å². The number of hydrazone groups is 2. The van der Waals surface area contributed by atoms with E-state index in [1.165, 1.54) is 48.8 Å². The third kappa shape index (κ3) is 8.19. The Balaban J connectivity index is 1.69. The molecule has 0 radical (unpaired) electrons. The molecule has 0 heterocycles. The maximum absolute atomic E-state index is 11.7. The molecule has 12 nitrogen and oxygen atoms in total. The minimum absolute atomic E-state index is 0.0360. The molecule has 12 heteroatoms. The highest BCUT2D eigenvalue weighted by molar-refractivity contribution is 5.84. The summed E-state index contributed by atoms with van der Waals surface area (Å²) >= 11 is 0. The quantitative estimate of drug-likeness (QED) is 0.335. The van der Waals surface area contributed by atoms with Crippen LogP contribution in [0.25, 0.3) is 0 Å². The molecule has 0 bridgehead atoms. The Morgan fingerprint density at radius 3 is 1.61 bits per heavy atom. The van der Waals surface area contributed by atoms with E-state index in [9.17, 15) is 29.8 Å². The predicted molar refractivity (Wildman–Crippen MR) is 112 cm³/mol. The van der Waals surface area contributed by atoms with Gasteiger partial charge in [-0.2, -0.15) is 10.2 Å². The lowest BCUT2D eigenvalue weighted by molar-refractivity contribution is -0.385. The summed E-state index contributed by atoms with van der Waals surface area (Å²) in [5, 5.41) is 28.9. The Hall–Kier alpha value is -4.48. The van der Waals surface area contributed by atoms with E-state index in [-0.39, 0.29) is 30.6 Å². The maximum atomic E-state index is 11.7. The molecule has 0 saturated carbocycles. The van der Waals surface area contributed by atoms with Crippen LogP contribution >= 0.6 is 0 Å². The van der Waals surface area contributed by atoms with Gasteiger partial charge in [0, 0.05) is 48.2 Å². The average molecular weight is 426 g/mol. The summed E-state index contributed by atoms with van der Waals surface area (Å²) < 4.78 is 0. The van der Waals surface area contributed by atoms with Crippen LogP contribution in [0.3, 0.4) is 0 Å². The van der Waals surface area contributed by atoms with Crippen LogP contribution in [0.15, 0.2) is 58.7 Å². The molecule has 2 aromatic carbocycles. The summed E-state index contributed by atoms with van der Waals surface area (Å²) in [7, 11) is 0. The summed E-state index contributed by atoms with van der Waals surface area (Å²) in [5.74, 6) is -0.843. The van der Waals surface area contributed by atoms with Crippen molar-refractivity contribution < 1.29 is 19.4 Å². The summed E-state index contributed by atoms with van der Waals surface area (Å²) in [6.45, 7) is 0. The molecule has 0 spiro atoms. The zero-order valence-corrected chi connectivity index (χ0v) is 16.1. The highest BCUT2D eigenvalue weighted by Gasteiger charge is 2.06. The first-order valence-electron chi connectivity index (χ1n) is 8.98. The number of hydrogen-bond donors (Lipinski definition) is 2. The molecule has 0 fully saturated rings. The first-order valence-corrected chi connectivity index (χ1v) is 8.98. The molecule has 0 aliphatic carbocycles. The van der Waals surface area contributed by atoms with Gasteiger partial charge in [-0.3, -0.25) is 29.8 Å². The second kappa shape index (κ2) is 11.5. The lowest BCUT2D eigenvalue weighted by Crippen LogP contribution is -2.20. The second-order valence-corrected chi connectivity index (χ2v) is 6.14. The van der Waals surface area contributed by atoms with Crippen LogP contribution < -0.4 is 10.9 Å². The molecule has 0 aromatic heterocycles. The van der Waals surface area contributed by atoms with E-state index < -0.39 is 21.7 Å². The number of non-ortho nitro benzene ring substituents is 2. The van der Waals surface area contributed by atoms with Crippen molar-refractivity contribution in [2.24, 2.45) is 10.2 Å². The van der Waals surface area contributed by atoms with Crippen LogP contribution in [0.2, 0.25) is 0 Å². The van der Waals surface area contributed by atoms with Crippen molar-refractivity contribution >= 4 is 35.6 Å². The van der Waals surface area contributed by atoms with E-state index in [0.29, 0.717) is 11.1 Å². The minimum Gasteiger partial charge on any atom is -0.273 e. The lowest BCUT2D eigenvalue weighted by atomic mass is 10.2. The van der Waals surface area contributed by atoms with Gasteiger partial charge in [-0.05, 0) is 6.42 Å². The Kier molecular flexibility index (Phi) is 8.46. The summed E-state index contributed by atoms with van der Waals surface area (Å²) in [4.78, 5) is 43.8. The van der Waals surface area contributed by atoms with Crippen LogP contribution in [-0.2, 0) is 9.59 Å². The largest absolute Gasteiger partial charge is 0.273 e. The number of hydrogen-bond acceptors (Lipinski definition) is 8. The summed E-state index contributed by atoms with van der Waals surface area (Å²) in [6.07, 6.45) is 2.87. The number of amides is 2. The molecule has 31 heavy (non-hydrogen) atoms. The third-order valence-electron chi connectivity index (χ3n) is 3.78. The smallest absolute Gasteiger partial charge is 0.270 e. The van der Waals surface area contributed by atoms with Gasteiger partial charge in [-0.1, -0.05) is 24.3 Å². The first kappa shape index (κ1) is 22.8. The summed E-state index contributed by atoms with van der Waals surface area (Å²) in [6, 6.07) is 11.5. The van der Waals surface area contributed by atoms with Gasteiger partial charge in [0.15, 0.2) is 0 Å². The van der Waals surface area contributed by atoms with Crippen LogP contribution in [0.4, 0.5) is 11.4 Å². The highest BCUT2D eigenvalue weighted by atomic mass is 16.6. The van der Waals surface area contributed by atoms with Crippen molar-refractivity contribution in [2.45, 2.75) is 19.3 Å². The zero-order chi connectivity index (χ0) is 22.6. The number of carbonyl (C=O) groups is 2. The molecule has 0 aliphatic rings. The number of nitro benzene ring substituents is 2. The zero-order valence-electron chi connectivity index (χ0n) is 16.1. The van der Waals surface area contributed by atoms with E-state index in [2.05, 4.69) is 21.1 Å². The molecule has 160 valence electrons. The van der Waals surface area contributed by atoms with Crippen molar-refractivity contribution in [2.75, 3.05) is 0 Å². The predicted octanol–water partition coefficient (Wildman–Crippen LogP) is 2.27. The fraction of sp³-hybridized carbons (Fsp3) is 0.158. The summed E-state index contributed by atoms with van der Waals surface area (Å²) in [5.41, 5.74) is 5.29. The molecule has 2 amide bonds. The Morgan fingerprint density at radius 1 is 0.806 bits per heavy atom. The van der Waals surface area contributed by atoms with Crippen molar-refractivity contribution in [3.63, 3.8) is 0 Å². The fourth-order valence-electron chi connectivity index (χ4n) is 2.32. The number of carbonyl (C=O) groups excluding carboxylic acids is 2. The van der Waals surface area contributed by atoms with Crippen LogP contribution in [0, 0.1) is 20.2 Å². The van der Waals surface area contributed by atoms with Crippen molar-refractivity contribution in [1.82, 2.24) is 10.9 Å². The lowest BCUT2D eigenvalue weighted by Gasteiger charge is -2.01. The van der Waals surface area contributed by atoms with Crippen molar-refractivity contribution in [1.29, 1.82) is 0 Å². The third-order valence-corrected chi connectivity index (χ3v) is 3.78. The van der Waals surface area contributed by atoms with E-state index in [1.807, 2.05) is 0 Å². The first-order chi connectivity index (χ1) is 14.8. The van der Waals surface area contributed by atoms with E-state index in [1.54, 1.807) is 12.1 Å². The topological polar surface area (TPSA) is 169 Å². The maximum Gasteiger partial charge on any atom is 0.270 e. The van der Waals surface area contributed by atoms with E-state index in [0.717, 1.165) is 0 Å². The average Bonchev–Trinajstić information content (AvgIpc) is 2.74. The van der Waals surface area contributed by atoms with Crippen LogP contribution in [-0.4, -0.2) is 34.1 Å². The molecule has 0 aliphatic heterocycles. The second-order valence-electron chi connectivity index (χ2n) is 6.14. The highest BCUT2D eigenvalue weighted by Crippen LogP contribution is 2.12. The normalized spacial score (nSPS) is 10.8. The molecule has 0 atom stereocenters. The number of rotatable bonds is 10.